The molecular formula is C20H20Cl2N2O. The van der Waals surface area contributed by atoms with Crippen LogP contribution in [0.25, 0.3) is 0 Å². The number of aryl methyl sites for hydroxylation is 1. The Morgan fingerprint density at radius 2 is 1.84 bits per heavy atom. The van der Waals surface area contributed by atoms with E-state index < -0.39 is 0 Å². The second kappa shape index (κ2) is 7.94. The van der Waals surface area contributed by atoms with Gasteiger partial charge in [0.2, 0.25) is 0 Å². The lowest BCUT2D eigenvalue weighted by atomic mass is 9.97. The van der Waals surface area contributed by atoms with Crippen molar-refractivity contribution in [1.29, 1.82) is 0 Å². The molecule has 0 radical (unpaired) electrons. The van der Waals surface area contributed by atoms with Gasteiger partial charge in [-0.2, -0.15) is 0 Å². The van der Waals surface area contributed by atoms with E-state index in [9.17, 15) is 0 Å². The molecule has 1 N–H and O–H groups in total. The van der Waals surface area contributed by atoms with Crippen LogP contribution in [0.4, 0.5) is 0 Å². The standard InChI is InChI=1S/C20H20Cl2N2O/c1-13(10-17-12-23-14(2)24-17)9-15-3-6-18(7-4-15)25-20-8-5-16(21)11-19(20)22/h3-8,11-13H,9-10H2,1-2H3,(H,23,24). The first-order valence-corrected chi connectivity index (χ1v) is 8.97. The highest BCUT2D eigenvalue weighted by molar-refractivity contribution is 6.35. The third-order valence-electron chi connectivity index (χ3n) is 3.95. The maximum atomic E-state index is 6.14. The Morgan fingerprint density at radius 3 is 2.48 bits per heavy atom. The zero-order valence-corrected chi connectivity index (χ0v) is 15.7. The highest BCUT2D eigenvalue weighted by Crippen LogP contribution is 2.31. The minimum Gasteiger partial charge on any atom is -0.456 e. The van der Waals surface area contributed by atoms with Crippen LogP contribution in [0.3, 0.4) is 0 Å². The van der Waals surface area contributed by atoms with Crippen LogP contribution in [0.15, 0.2) is 48.7 Å². The number of hydrogen-bond acceptors (Lipinski definition) is 2. The normalized spacial score (nSPS) is 12.2. The maximum Gasteiger partial charge on any atom is 0.146 e. The number of aromatic nitrogens is 2. The molecule has 3 rings (SSSR count). The molecule has 25 heavy (non-hydrogen) atoms. The number of H-pyrrole nitrogens is 1. The number of halogens is 2. The van der Waals surface area contributed by atoms with E-state index in [1.165, 1.54) is 11.3 Å². The Bertz CT molecular complexity index is 843. The molecule has 3 aromatic rings. The van der Waals surface area contributed by atoms with Gasteiger partial charge in [0, 0.05) is 16.9 Å². The van der Waals surface area contributed by atoms with E-state index in [1.54, 1.807) is 18.2 Å². The van der Waals surface area contributed by atoms with Gasteiger partial charge in [-0.1, -0.05) is 42.3 Å². The van der Waals surface area contributed by atoms with Crippen molar-refractivity contribution in [2.45, 2.75) is 26.7 Å². The zero-order chi connectivity index (χ0) is 17.8. The summed E-state index contributed by atoms with van der Waals surface area (Å²) in [6.45, 7) is 4.22. The molecule has 5 heteroatoms. The van der Waals surface area contributed by atoms with Crippen molar-refractivity contribution in [2.75, 3.05) is 0 Å². The molecule has 2 aromatic carbocycles. The highest BCUT2D eigenvalue weighted by Gasteiger charge is 2.08. The largest absolute Gasteiger partial charge is 0.456 e. The molecule has 0 bridgehead atoms. The Labute approximate surface area is 158 Å². The number of hydrogen-bond donors (Lipinski definition) is 1. The molecular weight excluding hydrogens is 355 g/mol. The number of aromatic amines is 1. The average molecular weight is 375 g/mol. The SMILES string of the molecule is Cc1ncc(CC(C)Cc2ccc(Oc3ccc(Cl)cc3Cl)cc2)[nH]1. The Morgan fingerprint density at radius 1 is 1.08 bits per heavy atom. The first-order chi connectivity index (χ1) is 12.0. The van der Waals surface area contributed by atoms with Crippen LogP contribution in [0.2, 0.25) is 10.0 Å². The number of rotatable bonds is 6. The predicted molar refractivity (Wildman–Crippen MR) is 103 cm³/mol. The fourth-order valence-corrected chi connectivity index (χ4v) is 3.25. The third kappa shape index (κ3) is 5.00. The maximum absolute atomic E-state index is 6.14. The summed E-state index contributed by atoms with van der Waals surface area (Å²) in [5, 5.41) is 1.09. The van der Waals surface area contributed by atoms with Crippen LogP contribution in [-0.2, 0) is 12.8 Å². The van der Waals surface area contributed by atoms with Gasteiger partial charge in [-0.25, -0.2) is 4.98 Å². The molecule has 0 aliphatic rings. The van der Waals surface area contributed by atoms with Gasteiger partial charge in [0.25, 0.3) is 0 Å². The number of imidazole rings is 1. The molecule has 0 saturated carbocycles. The van der Waals surface area contributed by atoms with Crippen LogP contribution < -0.4 is 4.74 Å². The molecule has 1 heterocycles. The highest BCUT2D eigenvalue weighted by atomic mass is 35.5. The molecule has 1 atom stereocenters. The minimum atomic E-state index is 0.500. The number of nitrogens with one attached hydrogen (secondary N) is 1. The Hall–Kier alpha value is -1.97. The zero-order valence-electron chi connectivity index (χ0n) is 14.2. The quantitative estimate of drug-likeness (QED) is 0.554. The summed E-state index contributed by atoms with van der Waals surface area (Å²) in [5.41, 5.74) is 2.46. The lowest BCUT2D eigenvalue weighted by Gasteiger charge is -2.12. The van der Waals surface area contributed by atoms with Gasteiger partial charge in [-0.15, -0.1) is 0 Å². The molecule has 0 saturated heterocycles. The van der Waals surface area contributed by atoms with Gasteiger partial charge in [0.05, 0.1) is 5.02 Å². The van der Waals surface area contributed by atoms with E-state index in [1.807, 2.05) is 25.3 Å². The number of benzene rings is 2. The van der Waals surface area contributed by atoms with Gasteiger partial charge in [0.1, 0.15) is 17.3 Å². The van der Waals surface area contributed by atoms with E-state index in [-0.39, 0.29) is 0 Å². The van der Waals surface area contributed by atoms with Gasteiger partial charge in [-0.05, 0) is 61.6 Å². The smallest absolute Gasteiger partial charge is 0.146 e. The van der Waals surface area contributed by atoms with Crippen molar-refractivity contribution >= 4 is 23.2 Å². The Balaban J connectivity index is 1.59. The van der Waals surface area contributed by atoms with E-state index in [2.05, 4.69) is 29.0 Å². The second-order valence-electron chi connectivity index (χ2n) is 6.33. The van der Waals surface area contributed by atoms with Crippen molar-refractivity contribution < 1.29 is 4.74 Å². The molecule has 0 amide bonds. The Kier molecular flexibility index (Phi) is 5.67. The van der Waals surface area contributed by atoms with Gasteiger partial charge >= 0.3 is 0 Å². The molecule has 0 aliphatic heterocycles. The third-order valence-corrected chi connectivity index (χ3v) is 4.48. The lowest BCUT2D eigenvalue weighted by Crippen LogP contribution is -2.04. The molecule has 0 fully saturated rings. The van der Waals surface area contributed by atoms with Crippen LogP contribution in [0.1, 0.15) is 24.0 Å². The van der Waals surface area contributed by atoms with Crippen LogP contribution in [0.5, 0.6) is 11.5 Å². The second-order valence-corrected chi connectivity index (χ2v) is 7.17. The summed E-state index contributed by atoms with van der Waals surface area (Å²) in [7, 11) is 0. The first kappa shape index (κ1) is 17.8. The summed E-state index contributed by atoms with van der Waals surface area (Å²) >= 11 is 12.0. The summed E-state index contributed by atoms with van der Waals surface area (Å²) < 4.78 is 5.82. The fourth-order valence-electron chi connectivity index (χ4n) is 2.80. The molecule has 130 valence electrons. The van der Waals surface area contributed by atoms with Gasteiger partial charge in [-0.3, -0.25) is 0 Å². The van der Waals surface area contributed by atoms with Crippen molar-refractivity contribution in [3.8, 4) is 11.5 Å². The molecule has 1 unspecified atom stereocenters. The first-order valence-electron chi connectivity index (χ1n) is 8.22. The monoisotopic (exact) mass is 374 g/mol. The predicted octanol–water partition coefficient (Wildman–Crippen LogP) is 6.24. The van der Waals surface area contributed by atoms with E-state index in [0.29, 0.717) is 21.7 Å². The summed E-state index contributed by atoms with van der Waals surface area (Å²) in [6.07, 6.45) is 3.90. The van der Waals surface area contributed by atoms with Crippen LogP contribution in [-0.4, -0.2) is 9.97 Å². The summed E-state index contributed by atoms with van der Waals surface area (Å²) in [4.78, 5) is 7.53. The van der Waals surface area contributed by atoms with Crippen molar-refractivity contribution in [1.82, 2.24) is 9.97 Å². The molecule has 1 aromatic heterocycles. The van der Waals surface area contributed by atoms with Gasteiger partial charge in [0.15, 0.2) is 0 Å². The minimum absolute atomic E-state index is 0.500. The van der Waals surface area contributed by atoms with Crippen molar-refractivity contribution in [3.63, 3.8) is 0 Å². The summed E-state index contributed by atoms with van der Waals surface area (Å²) in [6, 6.07) is 13.3. The summed E-state index contributed by atoms with van der Waals surface area (Å²) in [5.74, 6) is 2.84. The molecule has 3 nitrogen and oxygen atoms in total. The molecule has 0 spiro atoms. The number of ether oxygens (including phenoxy) is 1. The fraction of sp³-hybridized carbons (Fsp3) is 0.250. The van der Waals surface area contributed by atoms with Crippen LogP contribution in [0, 0.1) is 12.8 Å². The van der Waals surface area contributed by atoms with E-state index in [0.717, 1.165) is 24.4 Å². The van der Waals surface area contributed by atoms with Crippen molar-refractivity contribution in [2.24, 2.45) is 5.92 Å². The average Bonchev–Trinajstić information content (AvgIpc) is 2.96. The van der Waals surface area contributed by atoms with E-state index in [4.69, 9.17) is 27.9 Å². The van der Waals surface area contributed by atoms with E-state index >= 15 is 0 Å². The number of nitrogens with zero attached hydrogens (tertiary/aromatic N) is 1. The van der Waals surface area contributed by atoms with Crippen LogP contribution >= 0.6 is 23.2 Å². The topological polar surface area (TPSA) is 37.9 Å². The van der Waals surface area contributed by atoms with Gasteiger partial charge < -0.3 is 9.72 Å². The lowest BCUT2D eigenvalue weighted by molar-refractivity contribution is 0.482. The van der Waals surface area contributed by atoms with Crippen molar-refractivity contribution in [3.05, 3.63) is 75.8 Å². The molecule has 0 aliphatic carbocycles.